The molecule has 2 rings (SSSR count). The second kappa shape index (κ2) is 9.32. The Morgan fingerprint density at radius 3 is 2.30 bits per heavy atom. The summed E-state index contributed by atoms with van der Waals surface area (Å²) in [5.41, 5.74) is 0.642. The van der Waals surface area contributed by atoms with Gasteiger partial charge >= 0.3 is 6.09 Å². The third-order valence-electron chi connectivity index (χ3n) is 4.65. The maximum absolute atomic E-state index is 12.6. The Hall–Kier alpha value is -1.21. The van der Waals surface area contributed by atoms with E-state index in [1.165, 1.54) is 0 Å². The van der Waals surface area contributed by atoms with E-state index in [1.807, 2.05) is 39.2 Å². The van der Waals surface area contributed by atoms with E-state index in [9.17, 15) is 13.2 Å². The maximum atomic E-state index is 12.6. The smallest absolute Gasteiger partial charge is 0.410 e. The van der Waals surface area contributed by atoms with Gasteiger partial charge in [-0.1, -0.05) is 12.1 Å². The number of amides is 1. The Balaban J connectivity index is 1.82. The minimum absolute atomic E-state index is 0.159. The van der Waals surface area contributed by atoms with Crippen molar-refractivity contribution in [3.63, 3.8) is 0 Å². The van der Waals surface area contributed by atoms with Crippen molar-refractivity contribution in [1.82, 2.24) is 4.90 Å². The molecule has 0 saturated carbocycles. The number of piperidine rings is 1. The fraction of sp³-hybridized carbons (Fsp3) is 0.650. The predicted molar refractivity (Wildman–Crippen MR) is 111 cm³/mol. The summed E-state index contributed by atoms with van der Waals surface area (Å²) < 4.78 is 30.6. The molecule has 0 radical (unpaired) electrons. The minimum atomic E-state index is -3.26. The molecule has 1 aliphatic heterocycles. The highest BCUT2D eigenvalue weighted by Crippen LogP contribution is 2.24. The fourth-order valence-corrected chi connectivity index (χ4v) is 5.09. The quantitative estimate of drug-likeness (QED) is 0.693. The summed E-state index contributed by atoms with van der Waals surface area (Å²) in [6.07, 6.45) is 4.03. The first-order valence-electron chi connectivity index (χ1n) is 9.39. The number of nitrogens with zero attached hydrogens (tertiary/aromatic N) is 1. The molecule has 27 heavy (non-hydrogen) atoms. The van der Waals surface area contributed by atoms with Crippen LogP contribution >= 0.6 is 11.8 Å². The van der Waals surface area contributed by atoms with E-state index in [4.69, 9.17) is 4.74 Å². The molecule has 0 N–H and O–H groups in total. The summed E-state index contributed by atoms with van der Waals surface area (Å²) in [4.78, 5) is 14.2. The minimum Gasteiger partial charge on any atom is -0.444 e. The Labute approximate surface area is 167 Å². The van der Waals surface area contributed by atoms with Crippen molar-refractivity contribution >= 4 is 27.7 Å². The van der Waals surface area contributed by atoms with Crippen LogP contribution in [0.3, 0.4) is 0 Å². The van der Waals surface area contributed by atoms with Crippen molar-refractivity contribution in [3.8, 4) is 0 Å². The Morgan fingerprint density at radius 2 is 1.78 bits per heavy atom. The van der Waals surface area contributed by atoms with E-state index in [0.717, 1.165) is 24.2 Å². The molecule has 0 spiro atoms. The van der Waals surface area contributed by atoms with Gasteiger partial charge in [0, 0.05) is 18.8 Å². The van der Waals surface area contributed by atoms with Crippen molar-refractivity contribution < 1.29 is 17.9 Å². The molecule has 7 heteroatoms. The van der Waals surface area contributed by atoms with Gasteiger partial charge in [0.1, 0.15) is 5.60 Å². The van der Waals surface area contributed by atoms with Crippen LogP contribution in [-0.4, -0.2) is 50.1 Å². The molecule has 1 aromatic rings. The van der Waals surface area contributed by atoms with Gasteiger partial charge in [0.25, 0.3) is 0 Å². The lowest BCUT2D eigenvalue weighted by atomic mass is 9.95. The zero-order valence-corrected chi connectivity index (χ0v) is 18.4. The van der Waals surface area contributed by atoms with Crippen molar-refractivity contribution in [2.45, 2.75) is 56.3 Å². The third-order valence-corrected chi connectivity index (χ3v) is 7.04. The number of hydrogen-bond donors (Lipinski definition) is 0. The molecular weight excluding hydrogens is 382 g/mol. The normalized spacial score (nSPS) is 16.4. The van der Waals surface area contributed by atoms with Crippen LogP contribution in [0.25, 0.3) is 0 Å². The number of rotatable bonds is 6. The molecule has 0 aliphatic carbocycles. The molecule has 152 valence electrons. The van der Waals surface area contributed by atoms with Crippen LogP contribution < -0.4 is 0 Å². The number of carbonyl (C=O) groups excluding carboxylic acids is 1. The SMILES string of the molecule is CSCc1ccc(S(=O)(=O)CCC2CCN(C(=O)OC(C)(C)C)CC2)cc1. The van der Waals surface area contributed by atoms with E-state index in [-0.39, 0.29) is 11.8 Å². The van der Waals surface area contributed by atoms with Crippen LogP contribution in [0.4, 0.5) is 4.79 Å². The molecular formula is C20H31NO4S2. The first kappa shape index (κ1) is 22.1. The van der Waals surface area contributed by atoms with Gasteiger partial charge in [-0.25, -0.2) is 13.2 Å². The molecule has 5 nitrogen and oxygen atoms in total. The summed E-state index contributed by atoms with van der Waals surface area (Å²) in [7, 11) is -3.26. The lowest BCUT2D eigenvalue weighted by Gasteiger charge is -2.33. The number of sulfone groups is 1. The molecule has 0 unspecified atom stereocenters. The average molecular weight is 414 g/mol. The number of likely N-dealkylation sites (tertiary alicyclic amines) is 1. The molecule has 1 heterocycles. The monoisotopic (exact) mass is 413 g/mol. The van der Waals surface area contributed by atoms with Gasteiger partial charge in [-0.2, -0.15) is 11.8 Å². The summed E-state index contributed by atoms with van der Waals surface area (Å²) in [6, 6.07) is 7.21. The number of ether oxygens (including phenoxy) is 1. The number of thioether (sulfide) groups is 1. The Bertz CT molecular complexity index is 715. The summed E-state index contributed by atoms with van der Waals surface area (Å²) in [5, 5.41) is 0. The van der Waals surface area contributed by atoms with Crippen molar-refractivity contribution in [1.29, 1.82) is 0 Å². The summed E-state index contributed by atoms with van der Waals surface area (Å²) in [6.45, 7) is 6.83. The third kappa shape index (κ3) is 7.03. The lowest BCUT2D eigenvalue weighted by Crippen LogP contribution is -2.41. The molecule has 1 aliphatic rings. The van der Waals surface area contributed by atoms with Gasteiger partial charge in [-0.05, 0) is 69.9 Å². The van der Waals surface area contributed by atoms with Crippen LogP contribution in [0.5, 0.6) is 0 Å². The molecule has 1 fully saturated rings. The summed E-state index contributed by atoms with van der Waals surface area (Å²) in [5.74, 6) is 1.37. The van der Waals surface area contributed by atoms with E-state index in [2.05, 4.69) is 0 Å². The highest BCUT2D eigenvalue weighted by molar-refractivity contribution is 7.97. The van der Waals surface area contributed by atoms with E-state index >= 15 is 0 Å². The maximum Gasteiger partial charge on any atom is 0.410 e. The second-order valence-corrected chi connectivity index (χ2v) is 11.1. The van der Waals surface area contributed by atoms with Crippen molar-refractivity contribution in [2.75, 3.05) is 25.1 Å². The average Bonchev–Trinajstić information content (AvgIpc) is 2.60. The van der Waals surface area contributed by atoms with Crippen LogP contribution in [-0.2, 0) is 20.3 Å². The number of carbonyl (C=O) groups is 1. The largest absolute Gasteiger partial charge is 0.444 e. The van der Waals surface area contributed by atoms with Crippen molar-refractivity contribution in [3.05, 3.63) is 29.8 Å². The van der Waals surface area contributed by atoms with E-state index < -0.39 is 15.4 Å². The Kier molecular flexibility index (Phi) is 7.63. The molecule has 1 aromatic carbocycles. The van der Waals surface area contributed by atoms with Gasteiger partial charge in [0.15, 0.2) is 9.84 Å². The first-order valence-corrected chi connectivity index (χ1v) is 12.4. The number of benzene rings is 1. The van der Waals surface area contributed by atoms with E-state index in [1.54, 1.807) is 28.8 Å². The van der Waals surface area contributed by atoms with Crippen LogP contribution in [0.1, 0.15) is 45.6 Å². The zero-order chi connectivity index (χ0) is 20.1. The standard InChI is InChI=1S/C20H31NO4S2/c1-20(2,3)25-19(22)21-12-9-16(10-13-21)11-14-27(23,24)18-7-5-17(6-8-18)15-26-4/h5-8,16H,9-15H2,1-4H3. The van der Waals surface area contributed by atoms with Gasteiger partial charge in [-0.3, -0.25) is 0 Å². The molecule has 0 atom stereocenters. The van der Waals surface area contributed by atoms with Crippen LogP contribution in [0.2, 0.25) is 0 Å². The molecule has 0 bridgehead atoms. The molecule has 0 aromatic heterocycles. The predicted octanol–water partition coefficient (Wildman–Crippen LogP) is 4.36. The Morgan fingerprint density at radius 1 is 1.19 bits per heavy atom. The zero-order valence-electron chi connectivity index (χ0n) is 16.7. The van der Waals surface area contributed by atoms with Gasteiger partial charge in [0.2, 0.25) is 0 Å². The van der Waals surface area contributed by atoms with Crippen LogP contribution in [0.15, 0.2) is 29.2 Å². The molecule has 1 saturated heterocycles. The summed E-state index contributed by atoms with van der Waals surface area (Å²) >= 11 is 1.72. The lowest BCUT2D eigenvalue weighted by molar-refractivity contribution is 0.0183. The van der Waals surface area contributed by atoms with Gasteiger partial charge < -0.3 is 9.64 Å². The van der Waals surface area contributed by atoms with Crippen LogP contribution in [0, 0.1) is 5.92 Å². The molecule has 1 amide bonds. The second-order valence-electron chi connectivity index (χ2n) is 8.10. The van der Waals surface area contributed by atoms with E-state index in [0.29, 0.717) is 30.3 Å². The highest BCUT2D eigenvalue weighted by atomic mass is 32.2. The first-order chi connectivity index (χ1) is 12.6. The van der Waals surface area contributed by atoms with Gasteiger partial charge in [0.05, 0.1) is 10.6 Å². The fourth-order valence-electron chi connectivity index (χ4n) is 3.13. The topological polar surface area (TPSA) is 63.7 Å². The number of hydrogen-bond acceptors (Lipinski definition) is 5. The van der Waals surface area contributed by atoms with Crippen molar-refractivity contribution in [2.24, 2.45) is 5.92 Å². The van der Waals surface area contributed by atoms with Gasteiger partial charge in [-0.15, -0.1) is 0 Å². The highest BCUT2D eigenvalue weighted by Gasteiger charge is 2.27.